The number of hydrogen-bond donors (Lipinski definition) is 1. The van der Waals surface area contributed by atoms with E-state index in [2.05, 4.69) is 25.2 Å². The quantitative estimate of drug-likeness (QED) is 0.584. The molecular formula is C18H15Cl2N5S. The van der Waals surface area contributed by atoms with E-state index in [0.29, 0.717) is 10.0 Å². The van der Waals surface area contributed by atoms with Gasteiger partial charge in [-0.05, 0) is 31.4 Å². The summed E-state index contributed by atoms with van der Waals surface area (Å²) in [5.41, 5.74) is 3.55. The second-order valence-electron chi connectivity index (χ2n) is 5.83. The highest BCUT2D eigenvalue weighted by Gasteiger charge is 2.35. The SMILES string of the molecule is CSc1cc(Cl)c(C2Nc3cnccc3N2c2cc(C)ncn2)c(Cl)c1. The van der Waals surface area contributed by atoms with Gasteiger partial charge in [0.2, 0.25) is 0 Å². The van der Waals surface area contributed by atoms with Crippen LogP contribution in [-0.2, 0) is 0 Å². The van der Waals surface area contributed by atoms with E-state index in [1.54, 1.807) is 30.5 Å². The molecule has 0 radical (unpaired) electrons. The number of nitrogens with one attached hydrogen (secondary N) is 1. The first-order valence-electron chi connectivity index (χ1n) is 7.90. The van der Waals surface area contributed by atoms with Crippen LogP contribution in [0.2, 0.25) is 10.0 Å². The summed E-state index contributed by atoms with van der Waals surface area (Å²) in [5, 5.41) is 4.68. The Hall–Kier alpha value is -2.02. The van der Waals surface area contributed by atoms with Crippen molar-refractivity contribution in [2.75, 3.05) is 16.5 Å². The van der Waals surface area contributed by atoms with Crippen LogP contribution in [0.25, 0.3) is 0 Å². The normalized spacial score (nSPS) is 15.7. The third kappa shape index (κ3) is 2.98. The van der Waals surface area contributed by atoms with Crippen molar-refractivity contribution in [3.05, 3.63) is 64.3 Å². The van der Waals surface area contributed by atoms with Crippen LogP contribution in [0.5, 0.6) is 0 Å². The van der Waals surface area contributed by atoms with Gasteiger partial charge in [0.25, 0.3) is 0 Å². The Labute approximate surface area is 165 Å². The Balaban J connectivity index is 1.89. The predicted octanol–water partition coefficient (Wildman–Crippen LogP) is 5.47. The third-order valence-electron chi connectivity index (χ3n) is 4.21. The van der Waals surface area contributed by atoms with E-state index in [4.69, 9.17) is 23.2 Å². The summed E-state index contributed by atoms with van der Waals surface area (Å²) in [6.45, 7) is 1.93. The monoisotopic (exact) mass is 403 g/mol. The van der Waals surface area contributed by atoms with Gasteiger partial charge in [0.1, 0.15) is 18.3 Å². The van der Waals surface area contributed by atoms with Crippen molar-refractivity contribution in [1.29, 1.82) is 0 Å². The maximum absolute atomic E-state index is 6.61. The maximum atomic E-state index is 6.61. The molecule has 1 aliphatic heterocycles. The number of aryl methyl sites for hydroxylation is 1. The molecule has 1 aliphatic rings. The van der Waals surface area contributed by atoms with Crippen molar-refractivity contribution in [3.63, 3.8) is 0 Å². The lowest BCUT2D eigenvalue weighted by atomic mass is 10.1. The zero-order valence-electron chi connectivity index (χ0n) is 14.1. The van der Waals surface area contributed by atoms with E-state index < -0.39 is 0 Å². The largest absolute Gasteiger partial charge is 0.358 e. The van der Waals surface area contributed by atoms with Crippen LogP contribution < -0.4 is 10.2 Å². The van der Waals surface area contributed by atoms with Gasteiger partial charge in [-0.25, -0.2) is 9.97 Å². The maximum Gasteiger partial charge on any atom is 0.138 e. The van der Waals surface area contributed by atoms with Crippen LogP contribution in [0.15, 0.2) is 47.9 Å². The van der Waals surface area contributed by atoms with E-state index in [1.165, 1.54) is 0 Å². The summed E-state index contributed by atoms with van der Waals surface area (Å²) in [6, 6.07) is 7.74. The van der Waals surface area contributed by atoms with Crippen LogP contribution in [0.3, 0.4) is 0 Å². The Morgan fingerprint density at radius 1 is 1.15 bits per heavy atom. The van der Waals surface area contributed by atoms with E-state index in [-0.39, 0.29) is 6.17 Å². The molecule has 8 heteroatoms. The van der Waals surface area contributed by atoms with E-state index in [9.17, 15) is 0 Å². The van der Waals surface area contributed by atoms with Crippen LogP contribution in [0.4, 0.5) is 17.2 Å². The van der Waals surface area contributed by atoms with Crippen molar-refractivity contribution in [1.82, 2.24) is 15.0 Å². The highest BCUT2D eigenvalue weighted by atomic mass is 35.5. The molecule has 0 bridgehead atoms. The Morgan fingerprint density at radius 3 is 2.62 bits per heavy atom. The lowest BCUT2D eigenvalue weighted by Crippen LogP contribution is -2.25. The second-order valence-corrected chi connectivity index (χ2v) is 7.53. The lowest BCUT2D eigenvalue weighted by molar-refractivity contribution is 0.809. The molecule has 26 heavy (non-hydrogen) atoms. The Morgan fingerprint density at radius 2 is 1.92 bits per heavy atom. The van der Waals surface area contributed by atoms with Crippen molar-refractivity contribution < 1.29 is 0 Å². The minimum atomic E-state index is -0.292. The van der Waals surface area contributed by atoms with Crippen molar-refractivity contribution in [2.45, 2.75) is 18.0 Å². The number of benzene rings is 1. The van der Waals surface area contributed by atoms with Gasteiger partial charge in [0.05, 0.1) is 27.6 Å². The molecule has 0 spiro atoms. The predicted molar refractivity (Wildman–Crippen MR) is 108 cm³/mol. The average Bonchev–Trinajstić information content (AvgIpc) is 3.00. The molecule has 0 aliphatic carbocycles. The first-order valence-corrected chi connectivity index (χ1v) is 9.88. The van der Waals surface area contributed by atoms with E-state index in [0.717, 1.165) is 33.3 Å². The standard InChI is InChI=1S/C18H15Cl2N5S/c1-10-5-16(23-9-22-10)25-15-3-4-21-8-14(15)24-18(25)17-12(19)6-11(26-2)7-13(17)20/h3-9,18,24H,1-2H3. The number of hydrogen-bond acceptors (Lipinski definition) is 6. The summed E-state index contributed by atoms with van der Waals surface area (Å²) in [5.74, 6) is 0.765. The number of fused-ring (bicyclic) bond motifs is 1. The molecule has 0 amide bonds. The van der Waals surface area contributed by atoms with Gasteiger partial charge in [-0.2, -0.15) is 0 Å². The molecule has 1 N–H and O–H groups in total. The minimum absolute atomic E-state index is 0.292. The molecule has 0 saturated heterocycles. The number of nitrogens with zero attached hydrogens (tertiary/aromatic N) is 4. The topological polar surface area (TPSA) is 53.9 Å². The number of anilines is 3. The van der Waals surface area contributed by atoms with Gasteiger partial charge in [0, 0.05) is 28.4 Å². The number of halogens is 2. The van der Waals surface area contributed by atoms with Gasteiger partial charge in [-0.3, -0.25) is 9.88 Å². The van der Waals surface area contributed by atoms with Crippen LogP contribution >= 0.6 is 35.0 Å². The van der Waals surface area contributed by atoms with Crippen LogP contribution in [0.1, 0.15) is 17.4 Å². The van der Waals surface area contributed by atoms with Crippen molar-refractivity contribution in [2.24, 2.45) is 0 Å². The molecule has 4 rings (SSSR count). The molecule has 132 valence electrons. The summed E-state index contributed by atoms with van der Waals surface area (Å²) in [4.78, 5) is 15.9. The Kier molecular flexibility index (Phi) is 4.65. The third-order valence-corrected chi connectivity index (χ3v) is 5.54. The van der Waals surface area contributed by atoms with Gasteiger partial charge >= 0.3 is 0 Å². The summed E-state index contributed by atoms with van der Waals surface area (Å²) >= 11 is 14.8. The van der Waals surface area contributed by atoms with Gasteiger partial charge < -0.3 is 5.32 Å². The molecule has 3 aromatic rings. The van der Waals surface area contributed by atoms with Crippen molar-refractivity contribution >= 4 is 52.2 Å². The molecular weight excluding hydrogens is 389 g/mol. The fourth-order valence-electron chi connectivity index (χ4n) is 3.03. The molecule has 0 saturated carbocycles. The fourth-order valence-corrected chi connectivity index (χ4v) is 4.32. The summed E-state index contributed by atoms with van der Waals surface area (Å²) in [6.07, 6.45) is 6.80. The zero-order valence-corrected chi connectivity index (χ0v) is 16.4. The number of pyridine rings is 1. The minimum Gasteiger partial charge on any atom is -0.358 e. The highest BCUT2D eigenvalue weighted by Crippen LogP contribution is 2.48. The van der Waals surface area contributed by atoms with Gasteiger partial charge in [0.15, 0.2) is 0 Å². The molecule has 1 atom stereocenters. The molecule has 2 aromatic heterocycles. The first kappa shape index (κ1) is 17.4. The number of rotatable bonds is 3. The van der Waals surface area contributed by atoms with E-state index >= 15 is 0 Å². The first-order chi connectivity index (χ1) is 12.6. The van der Waals surface area contributed by atoms with Gasteiger partial charge in [-0.1, -0.05) is 23.2 Å². The summed E-state index contributed by atoms with van der Waals surface area (Å²) < 4.78 is 0. The molecule has 3 heterocycles. The van der Waals surface area contributed by atoms with Gasteiger partial charge in [-0.15, -0.1) is 11.8 Å². The lowest BCUT2D eigenvalue weighted by Gasteiger charge is -2.27. The molecule has 0 fully saturated rings. The second kappa shape index (κ2) is 6.95. The fraction of sp³-hybridized carbons (Fsp3) is 0.167. The summed E-state index contributed by atoms with van der Waals surface area (Å²) in [7, 11) is 0. The van der Waals surface area contributed by atoms with Crippen molar-refractivity contribution in [3.8, 4) is 0 Å². The number of aromatic nitrogens is 3. The van der Waals surface area contributed by atoms with E-state index in [1.807, 2.05) is 37.4 Å². The zero-order chi connectivity index (χ0) is 18.3. The highest BCUT2D eigenvalue weighted by molar-refractivity contribution is 7.98. The van der Waals surface area contributed by atoms with Crippen LogP contribution in [0, 0.1) is 6.92 Å². The smallest absolute Gasteiger partial charge is 0.138 e. The molecule has 5 nitrogen and oxygen atoms in total. The average molecular weight is 404 g/mol. The van der Waals surface area contributed by atoms with Crippen LogP contribution in [-0.4, -0.2) is 21.2 Å². The molecule has 1 unspecified atom stereocenters. The molecule has 1 aromatic carbocycles. The number of thioether (sulfide) groups is 1. The Bertz CT molecular complexity index is 958.